The number of anilines is 2. The van der Waals surface area contributed by atoms with Crippen molar-refractivity contribution >= 4 is 22.7 Å². The first-order valence-electron chi connectivity index (χ1n) is 9.74. The Labute approximate surface area is 178 Å². The van der Waals surface area contributed by atoms with Crippen LogP contribution >= 0.6 is 0 Å². The van der Waals surface area contributed by atoms with E-state index in [4.69, 9.17) is 14.5 Å². The van der Waals surface area contributed by atoms with Crippen LogP contribution in [0.25, 0.3) is 22.6 Å². The van der Waals surface area contributed by atoms with Crippen molar-refractivity contribution in [3.8, 4) is 28.6 Å². The molecule has 0 aliphatic carbocycles. The van der Waals surface area contributed by atoms with Gasteiger partial charge >= 0.3 is 0 Å². The van der Waals surface area contributed by atoms with Gasteiger partial charge in [-0.25, -0.2) is 15.0 Å². The lowest BCUT2D eigenvalue weighted by Gasteiger charge is -2.10. The highest BCUT2D eigenvalue weighted by Gasteiger charge is 2.12. The number of methoxy groups -OCH3 is 1. The first-order chi connectivity index (χ1) is 15.3. The number of ether oxygens (including phenoxy) is 2. The molecule has 0 atom stereocenters. The molecule has 0 aliphatic rings. The molecular formula is C24H19N5O2. The van der Waals surface area contributed by atoms with E-state index >= 15 is 0 Å². The van der Waals surface area contributed by atoms with Gasteiger partial charge in [0.1, 0.15) is 22.8 Å². The average molecular weight is 409 g/mol. The van der Waals surface area contributed by atoms with Gasteiger partial charge in [-0.05, 0) is 60.7 Å². The van der Waals surface area contributed by atoms with Crippen LogP contribution in [-0.2, 0) is 0 Å². The number of H-pyrrole nitrogens is 1. The highest BCUT2D eigenvalue weighted by Crippen LogP contribution is 2.28. The largest absolute Gasteiger partial charge is 0.497 e. The molecule has 0 saturated heterocycles. The number of para-hydroxylation sites is 1. The van der Waals surface area contributed by atoms with E-state index in [1.807, 2.05) is 78.9 Å². The topological polar surface area (TPSA) is 85.0 Å². The quantitative estimate of drug-likeness (QED) is 0.382. The Kier molecular flexibility index (Phi) is 4.90. The molecule has 0 saturated carbocycles. The molecule has 7 heteroatoms. The number of hydrogen-bond acceptors (Lipinski definition) is 6. The standard InChI is InChI=1S/C24H19N5O2/c1-30-18-11-7-16(8-12-18)22-28-23-21(25-15-26-23)24(29-22)27-17-9-13-20(14-10-17)31-19-5-3-2-4-6-19/h2-15H,1H3,(H2,25,26,27,28,29). The smallest absolute Gasteiger partial charge is 0.183 e. The molecule has 0 radical (unpaired) electrons. The molecule has 7 nitrogen and oxygen atoms in total. The van der Waals surface area contributed by atoms with E-state index < -0.39 is 0 Å². The normalized spacial score (nSPS) is 10.7. The van der Waals surface area contributed by atoms with Crippen LogP contribution in [0.4, 0.5) is 11.5 Å². The molecule has 5 aromatic rings. The number of aromatic amines is 1. The summed E-state index contributed by atoms with van der Waals surface area (Å²) in [4.78, 5) is 16.7. The van der Waals surface area contributed by atoms with Gasteiger partial charge in [0.2, 0.25) is 0 Å². The van der Waals surface area contributed by atoms with Crippen molar-refractivity contribution in [1.29, 1.82) is 0 Å². The molecule has 152 valence electrons. The molecule has 5 rings (SSSR count). The van der Waals surface area contributed by atoms with Gasteiger partial charge in [-0.3, -0.25) is 0 Å². The fraction of sp³-hybridized carbons (Fsp3) is 0.0417. The predicted octanol–water partition coefficient (Wildman–Crippen LogP) is 5.56. The number of imidazole rings is 1. The third-order valence-electron chi connectivity index (χ3n) is 4.73. The zero-order chi connectivity index (χ0) is 21.0. The molecule has 0 aliphatic heterocycles. The number of nitrogens with zero attached hydrogens (tertiary/aromatic N) is 3. The predicted molar refractivity (Wildman–Crippen MR) is 120 cm³/mol. The molecule has 0 unspecified atom stereocenters. The third kappa shape index (κ3) is 4.02. The zero-order valence-corrected chi connectivity index (χ0v) is 16.7. The van der Waals surface area contributed by atoms with Crippen molar-refractivity contribution in [2.24, 2.45) is 0 Å². The summed E-state index contributed by atoms with van der Waals surface area (Å²) in [6.07, 6.45) is 1.61. The molecular weight excluding hydrogens is 390 g/mol. The van der Waals surface area contributed by atoms with Crippen molar-refractivity contribution in [1.82, 2.24) is 19.9 Å². The van der Waals surface area contributed by atoms with Gasteiger partial charge in [-0.2, -0.15) is 0 Å². The molecule has 3 aromatic carbocycles. The van der Waals surface area contributed by atoms with Crippen molar-refractivity contribution in [2.45, 2.75) is 0 Å². The lowest BCUT2D eigenvalue weighted by Crippen LogP contribution is -1.99. The van der Waals surface area contributed by atoms with Gasteiger partial charge < -0.3 is 19.8 Å². The number of fused-ring (bicyclic) bond motifs is 1. The third-order valence-corrected chi connectivity index (χ3v) is 4.73. The van der Waals surface area contributed by atoms with E-state index in [2.05, 4.69) is 20.3 Å². The van der Waals surface area contributed by atoms with Crippen LogP contribution < -0.4 is 14.8 Å². The maximum absolute atomic E-state index is 5.86. The van der Waals surface area contributed by atoms with Crippen LogP contribution in [0.2, 0.25) is 0 Å². The highest BCUT2D eigenvalue weighted by molar-refractivity contribution is 5.86. The minimum atomic E-state index is 0.578. The van der Waals surface area contributed by atoms with Crippen LogP contribution in [0.15, 0.2) is 85.2 Å². The van der Waals surface area contributed by atoms with Crippen LogP contribution in [0.3, 0.4) is 0 Å². The summed E-state index contributed by atoms with van der Waals surface area (Å²) in [5.41, 5.74) is 3.07. The number of aromatic nitrogens is 4. The molecule has 2 aromatic heterocycles. The second kappa shape index (κ2) is 8.16. The fourth-order valence-electron chi connectivity index (χ4n) is 3.16. The Morgan fingerprint density at radius 3 is 2.23 bits per heavy atom. The van der Waals surface area contributed by atoms with Gasteiger partial charge in [0.05, 0.1) is 13.4 Å². The van der Waals surface area contributed by atoms with E-state index in [1.165, 1.54) is 0 Å². The van der Waals surface area contributed by atoms with Crippen molar-refractivity contribution in [2.75, 3.05) is 12.4 Å². The summed E-state index contributed by atoms with van der Waals surface area (Å²) < 4.78 is 11.1. The van der Waals surface area contributed by atoms with E-state index in [9.17, 15) is 0 Å². The SMILES string of the molecule is COc1ccc(-c2nc(Nc3ccc(Oc4ccccc4)cc3)c3[nH]cnc3n2)cc1. The van der Waals surface area contributed by atoms with Crippen molar-refractivity contribution < 1.29 is 9.47 Å². The number of hydrogen-bond donors (Lipinski definition) is 2. The van der Waals surface area contributed by atoms with Crippen molar-refractivity contribution in [3.63, 3.8) is 0 Å². The Balaban J connectivity index is 1.42. The summed E-state index contributed by atoms with van der Waals surface area (Å²) in [7, 11) is 1.64. The second-order valence-electron chi connectivity index (χ2n) is 6.79. The van der Waals surface area contributed by atoms with Crippen molar-refractivity contribution in [3.05, 3.63) is 85.2 Å². The van der Waals surface area contributed by atoms with Crippen LogP contribution in [-0.4, -0.2) is 27.0 Å². The van der Waals surface area contributed by atoms with E-state index in [1.54, 1.807) is 13.4 Å². The lowest BCUT2D eigenvalue weighted by molar-refractivity contribution is 0.415. The Morgan fingerprint density at radius 1 is 0.774 bits per heavy atom. The van der Waals surface area contributed by atoms with E-state index in [0.717, 1.165) is 34.0 Å². The number of nitrogens with one attached hydrogen (secondary N) is 2. The number of rotatable bonds is 6. The maximum atomic E-state index is 5.86. The second-order valence-corrected chi connectivity index (χ2v) is 6.79. The van der Waals surface area contributed by atoms with E-state index in [-0.39, 0.29) is 0 Å². The highest BCUT2D eigenvalue weighted by atomic mass is 16.5. The van der Waals surface area contributed by atoms with Gasteiger partial charge in [-0.1, -0.05) is 18.2 Å². The lowest BCUT2D eigenvalue weighted by atomic mass is 10.2. The molecule has 2 N–H and O–H groups in total. The summed E-state index contributed by atoms with van der Waals surface area (Å²) in [6, 6.07) is 25.0. The first-order valence-corrected chi connectivity index (χ1v) is 9.74. The molecule has 0 bridgehead atoms. The monoisotopic (exact) mass is 409 g/mol. The Bertz CT molecular complexity index is 1300. The average Bonchev–Trinajstić information content (AvgIpc) is 3.30. The minimum Gasteiger partial charge on any atom is -0.497 e. The minimum absolute atomic E-state index is 0.578. The van der Waals surface area contributed by atoms with Crippen LogP contribution in [0, 0.1) is 0 Å². The summed E-state index contributed by atoms with van der Waals surface area (Å²) in [6.45, 7) is 0. The zero-order valence-electron chi connectivity index (χ0n) is 16.7. The molecule has 31 heavy (non-hydrogen) atoms. The molecule has 0 fully saturated rings. The van der Waals surface area contributed by atoms with Gasteiger partial charge in [0.25, 0.3) is 0 Å². The summed E-state index contributed by atoms with van der Waals surface area (Å²) >= 11 is 0. The Morgan fingerprint density at radius 2 is 1.48 bits per heavy atom. The molecule has 0 amide bonds. The number of benzene rings is 3. The van der Waals surface area contributed by atoms with Crippen LogP contribution in [0.5, 0.6) is 17.2 Å². The van der Waals surface area contributed by atoms with Gasteiger partial charge in [0, 0.05) is 11.3 Å². The van der Waals surface area contributed by atoms with Gasteiger partial charge in [0.15, 0.2) is 17.3 Å². The molecule has 0 spiro atoms. The Hall–Kier alpha value is -4.39. The van der Waals surface area contributed by atoms with Crippen LogP contribution in [0.1, 0.15) is 0 Å². The molecule has 2 heterocycles. The summed E-state index contributed by atoms with van der Waals surface area (Å²) in [5, 5.41) is 3.35. The van der Waals surface area contributed by atoms with E-state index in [0.29, 0.717) is 17.3 Å². The van der Waals surface area contributed by atoms with Gasteiger partial charge in [-0.15, -0.1) is 0 Å². The summed E-state index contributed by atoms with van der Waals surface area (Å²) in [5.74, 6) is 3.55. The maximum Gasteiger partial charge on any atom is 0.183 e. The first kappa shape index (κ1) is 18.6. The fourth-order valence-corrected chi connectivity index (χ4v) is 3.16.